The second kappa shape index (κ2) is 6.50. The first kappa shape index (κ1) is 14.6. The Morgan fingerprint density at radius 3 is 2.44 bits per heavy atom. The van der Waals surface area contributed by atoms with Crippen LogP contribution >= 0.6 is 0 Å². The molecular weight excluding hydrogens is 233 g/mol. The zero-order valence-electron chi connectivity index (χ0n) is 10.9. The monoisotopic (exact) mass is 253 g/mol. The maximum Gasteiger partial charge on any atom is 0.317 e. The van der Waals surface area contributed by atoms with E-state index in [0.29, 0.717) is 12.8 Å². The van der Waals surface area contributed by atoms with Gasteiger partial charge in [0.15, 0.2) is 0 Å². The van der Waals surface area contributed by atoms with Gasteiger partial charge in [-0.1, -0.05) is 29.8 Å². The summed E-state index contributed by atoms with van der Waals surface area (Å²) in [6.45, 7) is 1.61. The van der Waals surface area contributed by atoms with Crippen molar-refractivity contribution in [1.82, 2.24) is 0 Å². The van der Waals surface area contributed by atoms with Gasteiger partial charge in [0.25, 0.3) is 0 Å². The summed E-state index contributed by atoms with van der Waals surface area (Å²) in [6, 6.07) is 7.55. The fourth-order valence-electron chi connectivity index (χ4n) is 2.10. The summed E-state index contributed by atoms with van der Waals surface area (Å²) in [5.74, 6) is -0.401. The molecule has 0 saturated carbocycles. The zero-order chi connectivity index (χ0) is 13.6. The second-order valence-electron chi connectivity index (χ2n) is 4.44. The Labute approximate surface area is 107 Å². The van der Waals surface area contributed by atoms with Crippen LogP contribution in [-0.4, -0.2) is 26.3 Å². The predicted octanol–water partition coefficient (Wildman–Crippen LogP) is 2.11. The third kappa shape index (κ3) is 2.88. The minimum atomic E-state index is -0.936. The largest absolute Gasteiger partial charge is 0.468 e. The van der Waals surface area contributed by atoms with Crippen LogP contribution in [0, 0.1) is 6.92 Å². The number of hydrogen-bond acceptors (Lipinski definition) is 3. The SMILES string of the molecule is COC(=O)C(CN)(CCCF)c1ccc(C)cc1. The first-order valence-corrected chi connectivity index (χ1v) is 6.02. The van der Waals surface area contributed by atoms with Crippen molar-refractivity contribution in [3.05, 3.63) is 35.4 Å². The number of methoxy groups -OCH3 is 1. The number of halogens is 1. The summed E-state index contributed by atoms with van der Waals surface area (Å²) in [6.07, 6.45) is 0.649. The molecule has 0 radical (unpaired) electrons. The Morgan fingerprint density at radius 1 is 1.39 bits per heavy atom. The van der Waals surface area contributed by atoms with E-state index in [1.807, 2.05) is 31.2 Å². The average molecular weight is 253 g/mol. The average Bonchev–Trinajstić information content (AvgIpc) is 2.41. The fraction of sp³-hybridized carbons (Fsp3) is 0.500. The number of alkyl halides is 1. The van der Waals surface area contributed by atoms with E-state index in [1.165, 1.54) is 7.11 Å². The number of benzene rings is 1. The van der Waals surface area contributed by atoms with Gasteiger partial charge in [-0.25, -0.2) is 0 Å². The Balaban J connectivity index is 3.16. The third-order valence-electron chi connectivity index (χ3n) is 3.27. The van der Waals surface area contributed by atoms with Gasteiger partial charge < -0.3 is 10.5 Å². The molecule has 0 bridgehead atoms. The molecule has 0 heterocycles. The van der Waals surface area contributed by atoms with Crippen LogP contribution in [0.2, 0.25) is 0 Å². The summed E-state index contributed by atoms with van der Waals surface area (Å²) >= 11 is 0. The van der Waals surface area contributed by atoms with Gasteiger partial charge >= 0.3 is 5.97 Å². The number of carbonyl (C=O) groups is 1. The molecule has 0 amide bonds. The molecule has 1 atom stereocenters. The summed E-state index contributed by atoms with van der Waals surface area (Å²) in [5.41, 5.74) is 6.72. The van der Waals surface area contributed by atoms with Gasteiger partial charge in [-0.3, -0.25) is 9.18 Å². The number of aryl methyl sites for hydroxylation is 1. The lowest BCUT2D eigenvalue weighted by Crippen LogP contribution is -2.44. The molecular formula is C14H20FNO2. The molecule has 0 aliphatic heterocycles. The maximum atomic E-state index is 12.4. The van der Waals surface area contributed by atoms with Gasteiger partial charge in [0.2, 0.25) is 0 Å². The quantitative estimate of drug-likeness (QED) is 0.790. The molecule has 0 aliphatic carbocycles. The Hall–Kier alpha value is -1.42. The molecule has 0 saturated heterocycles. The molecule has 0 fully saturated rings. The lowest BCUT2D eigenvalue weighted by Gasteiger charge is -2.30. The number of ether oxygens (including phenoxy) is 1. The normalized spacial score (nSPS) is 14.0. The molecule has 3 nitrogen and oxygen atoms in total. The van der Waals surface area contributed by atoms with Crippen LogP contribution in [0.3, 0.4) is 0 Å². The fourth-order valence-corrected chi connectivity index (χ4v) is 2.10. The van der Waals surface area contributed by atoms with Gasteiger partial charge in [-0.05, 0) is 25.3 Å². The van der Waals surface area contributed by atoms with Crippen LogP contribution in [0.15, 0.2) is 24.3 Å². The first-order valence-electron chi connectivity index (χ1n) is 6.02. The van der Waals surface area contributed by atoms with Crippen LogP contribution in [0.5, 0.6) is 0 Å². The van der Waals surface area contributed by atoms with Gasteiger partial charge in [0.1, 0.15) is 5.41 Å². The number of carbonyl (C=O) groups excluding carboxylic acids is 1. The van der Waals surface area contributed by atoms with Gasteiger partial charge in [0, 0.05) is 6.54 Å². The smallest absolute Gasteiger partial charge is 0.317 e. The van der Waals surface area contributed by atoms with Crippen LogP contribution in [0.25, 0.3) is 0 Å². The minimum Gasteiger partial charge on any atom is -0.468 e. The second-order valence-corrected chi connectivity index (χ2v) is 4.44. The van der Waals surface area contributed by atoms with Gasteiger partial charge in [0.05, 0.1) is 13.8 Å². The number of hydrogen-bond donors (Lipinski definition) is 1. The summed E-state index contributed by atoms with van der Waals surface area (Å²) in [5, 5.41) is 0. The Bertz CT molecular complexity index is 391. The van der Waals surface area contributed by atoms with Crippen LogP contribution in [-0.2, 0) is 14.9 Å². The zero-order valence-corrected chi connectivity index (χ0v) is 10.9. The molecule has 2 N–H and O–H groups in total. The van der Waals surface area contributed by atoms with E-state index in [-0.39, 0.29) is 6.54 Å². The van der Waals surface area contributed by atoms with Crippen molar-refractivity contribution < 1.29 is 13.9 Å². The molecule has 0 spiro atoms. The first-order chi connectivity index (χ1) is 8.60. The minimum absolute atomic E-state index is 0.114. The van der Waals surface area contributed by atoms with Crippen molar-refractivity contribution in [2.45, 2.75) is 25.2 Å². The Kier molecular flexibility index (Phi) is 5.28. The molecule has 18 heavy (non-hydrogen) atoms. The van der Waals surface area contributed by atoms with Crippen LogP contribution in [0.4, 0.5) is 4.39 Å². The Morgan fingerprint density at radius 2 is 2.00 bits per heavy atom. The molecule has 0 aliphatic rings. The molecule has 1 aromatic carbocycles. The highest BCUT2D eigenvalue weighted by molar-refractivity contribution is 5.83. The summed E-state index contributed by atoms with van der Waals surface area (Å²) < 4.78 is 17.3. The van der Waals surface area contributed by atoms with E-state index in [0.717, 1.165) is 11.1 Å². The van der Waals surface area contributed by atoms with Crippen LogP contribution in [0.1, 0.15) is 24.0 Å². The lowest BCUT2D eigenvalue weighted by atomic mass is 9.76. The van der Waals surface area contributed by atoms with E-state index in [4.69, 9.17) is 10.5 Å². The maximum absolute atomic E-state index is 12.4. The van der Waals surface area contributed by atoms with E-state index >= 15 is 0 Å². The highest BCUT2D eigenvalue weighted by Crippen LogP contribution is 2.30. The van der Waals surface area contributed by atoms with Crippen molar-refractivity contribution in [1.29, 1.82) is 0 Å². The van der Waals surface area contributed by atoms with E-state index in [1.54, 1.807) is 0 Å². The van der Waals surface area contributed by atoms with Crippen molar-refractivity contribution in [2.75, 3.05) is 20.3 Å². The molecule has 1 unspecified atom stereocenters. The summed E-state index contributed by atoms with van der Waals surface area (Å²) in [4.78, 5) is 12.0. The van der Waals surface area contributed by atoms with Crippen LogP contribution < -0.4 is 5.73 Å². The standard InChI is InChI=1S/C14H20FNO2/c1-11-4-6-12(7-5-11)14(10-16,8-3-9-15)13(17)18-2/h4-7H,3,8-10,16H2,1-2H3. The van der Waals surface area contributed by atoms with Crippen molar-refractivity contribution in [2.24, 2.45) is 5.73 Å². The van der Waals surface area contributed by atoms with E-state index < -0.39 is 18.1 Å². The van der Waals surface area contributed by atoms with Gasteiger partial charge in [-0.15, -0.1) is 0 Å². The number of rotatable bonds is 6. The molecule has 0 aromatic heterocycles. The molecule has 100 valence electrons. The third-order valence-corrected chi connectivity index (χ3v) is 3.27. The highest BCUT2D eigenvalue weighted by Gasteiger charge is 2.39. The lowest BCUT2D eigenvalue weighted by molar-refractivity contribution is -0.147. The van der Waals surface area contributed by atoms with Crippen molar-refractivity contribution in [3.8, 4) is 0 Å². The molecule has 1 rings (SSSR count). The van der Waals surface area contributed by atoms with E-state index in [2.05, 4.69) is 0 Å². The highest BCUT2D eigenvalue weighted by atomic mass is 19.1. The predicted molar refractivity (Wildman–Crippen MR) is 69.1 cm³/mol. The topological polar surface area (TPSA) is 52.3 Å². The summed E-state index contributed by atoms with van der Waals surface area (Å²) in [7, 11) is 1.33. The number of nitrogens with two attached hydrogens (primary N) is 1. The van der Waals surface area contributed by atoms with Gasteiger partial charge in [-0.2, -0.15) is 0 Å². The number of esters is 1. The van der Waals surface area contributed by atoms with Crippen molar-refractivity contribution >= 4 is 5.97 Å². The molecule has 1 aromatic rings. The van der Waals surface area contributed by atoms with E-state index in [9.17, 15) is 9.18 Å². The molecule has 4 heteroatoms. The van der Waals surface area contributed by atoms with Crippen molar-refractivity contribution in [3.63, 3.8) is 0 Å².